The topological polar surface area (TPSA) is 55.4 Å². The minimum atomic E-state index is -3.15. The third-order valence-electron chi connectivity index (χ3n) is 2.48. The van der Waals surface area contributed by atoms with Gasteiger partial charge in [-0.1, -0.05) is 11.6 Å². The molecule has 0 saturated heterocycles. The highest BCUT2D eigenvalue weighted by Crippen LogP contribution is 2.25. The zero-order valence-corrected chi connectivity index (χ0v) is 12.4. The summed E-state index contributed by atoms with van der Waals surface area (Å²) in [6, 6.07) is 3.67. The van der Waals surface area contributed by atoms with Crippen molar-refractivity contribution in [2.24, 2.45) is 0 Å². The van der Waals surface area contributed by atoms with Gasteiger partial charge in [-0.25, -0.2) is 13.1 Å². The normalized spacial score (nSPS) is 11.6. The number of hydrogen-bond acceptors (Lipinski definition) is 3. The zero-order valence-electron chi connectivity index (χ0n) is 10.8. The average Bonchev–Trinajstić information content (AvgIpc) is 2.31. The molecule has 0 aliphatic carbocycles. The number of aryl methyl sites for hydroxylation is 2. The van der Waals surface area contributed by atoms with E-state index in [4.69, 9.17) is 16.3 Å². The minimum Gasteiger partial charge on any atom is -0.492 e. The van der Waals surface area contributed by atoms with Crippen LogP contribution in [0.1, 0.15) is 18.1 Å². The molecule has 0 bridgehead atoms. The fraction of sp³-hybridized carbons (Fsp3) is 0.500. The molecule has 0 aliphatic rings. The molecular weight excluding hydrogens is 274 g/mol. The van der Waals surface area contributed by atoms with Crippen molar-refractivity contribution in [1.29, 1.82) is 0 Å². The van der Waals surface area contributed by atoms with Gasteiger partial charge in [0.2, 0.25) is 10.0 Å². The highest BCUT2D eigenvalue weighted by molar-refractivity contribution is 7.89. The molecule has 0 radical (unpaired) electrons. The first-order chi connectivity index (χ1) is 8.35. The van der Waals surface area contributed by atoms with Crippen molar-refractivity contribution in [3.05, 3.63) is 28.3 Å². The lowest BCUT2D eigenvalue weighted by Gasteiger charge is -2.10. The van der Waals surface area contributed by atoms with E-state index in [-0.39, 0.29) is 12.3 Å². The second-order valence-electron chi connectivity index (χ2n) is 4.02. The summed E-state index contributed by atoms with van der Waals surface area (Å²) in [7, 11) is -3.15. The van der Waals surface area contributed by atoms with Gasteiger partial charge in [-0.3, -0.25) is 0 Å². The first-order valence-corrected chi connectivity index (χ1v) is 7.75. The SMILES string of the molecule is CCS(=O)(=O)NCCOc1cc(C)c(Cl)c(C)c1. The Morgan fingerprint density at radius 3 is 2.33 bits per heavy atom. The monoisotopic (exact) mass is 291 g/mol. The molecular formula is C12H18ClNO3S. The van der Waals surface area contributed by atoms with Gasteiger partial charge in [-0.05, 0) is 44.0 Å². The van der Waals surface area contributed by atoms with E-state index in [1.165, 1.54) is 0 Å². The molecule has 0 atom stereocenters. The third kappa shape index (κ3) is 4.48. The van der Waals surface area contributed by atoms with Crippen molar-refractivity contribution in [2.45, 2.75) is 20.8 Å². The molecule has 0 amide bonds. The van der Waals surface area contributed by atoms with Crippen LogP contribution in [0.25, 0.3) is 0 Å². The quantitative estimate of drug-likeness (QED) is 0.818. The van der Waals surface area contributed by atoms with E-state index in [2.05, 4.69) is 4.72 Å². The Balaban J connectivity index is 2.50. The fourth-order valence-corrected chi connectivity index (χ4v) is 2.17. The Morgan fingerprint density at radius 2 is 1.83 bits per heavy atom. The first-order valence-electron chi connectivity index (χ1n) is 5.72. The van der Waals surface area contributed by atoms with Crippen LogP contribution < -0.4 is 9.46 Å². The molecule has 0 unspecified atom stereocenters. The summed E-state index contributed by atoms with van der Waals surface area (Å²) in [6.07, 6.45) is 0. The van der Waals surface area contributed by atoms with Gasteiger partial charge in [0.1, 0.15) is 12.4 Å². The molecule has 0 spiro atoms. The van der Waals surface area contributed by atoms with Gasteiger partial charge in [0.05, 0.1) is 5.75 Å². The molecule has 1 aromatic carbocycles. The summed E-state index contributed by atoms with van der Waals surface area (Å²) >= 11 is 6.04. The number of halogens is 1. The van der Waals surface area contributed by atoms with Crippen molar-refractivity contribution in [3.63, 3.8) is 0 Å². The molecule has 4 nitrogen and oxygen atoms in total. The lowest BCUT2D eigenvalue weighted by atomic mass is 10.1. The number of sulfonamides is 1. The molecule has 1 rings (SSSR count). The summed E-state index contributed by atoms with van der Waals surface area (Å²) < 4.78 is 30.3. The standard InChI is InChI=1S/C12H18ClNO3S/c1-4-18(15,16)14-5-6-17-11-7-9(2)12(13)10(3)8-11/h7-8,14H,4-6H2,1-3H3. The zero-order chi connectivity index (χ0) is 13.8. The summed E-state index contributed by atoms with van der Waals surface area (Å²) in [5.74, 6) is 0.775. The maximum atomic E-state index is 11.2. The molecule has 1 aromatic rings. The Labute approximate surface area is 113 Å². The second-order valence-corrected chi connectivity index (χ2v) is 6.49. The Hall–Kier alpha value is -0.780. The van der Waals surface area contributed by atoms with Crippen LogP contribution >= 0.6 is 11.6 Å². The predicted molar refractivity (Wildman–Crippen MR) is 73.9 cm³/mol. The van der Waals surface area contributed by atoms with Gasteiger partial charge in [0.15, 0.2) is 0 Å². The first kappa shape index (κ1) is 15.3. The predicted octanol–water partition coefficient (Wildman–Crippen LogP) is 2.27. The molecule has 0 aromatic heterocycles. The lowest BCUT2D eigenvalue weighted by molar-refractivity contribution is 0.322. The number of ether oxygens (including phenoxy) is 1. The number of nitrogens with one attached hydrogen (secondary N) is 1. The Bertz CT molecular complexity index is 491. The number of rotatable bonds is 6. The van der Waals surface area contributed by atoms with E-state index in [9.17, 15) is 8.42 Å². The van der Waals surface area contributed by atoms with Gasteiger partial charge in [0.25, 0.3) is 0 Å². The molecule has 0 fully saturated rings. The van der Waals surface area contributed by atoms with E-state index in [0.717, 1.165) is 16.1 Å². The third-order valence-corrected chi connectivity index (χ3v) is 4.48. The van der Waals surface area contributed by atoms with Crippen LogP contribution in [0.4, 0.5) is 0 Å². The highest BCUT2D eigenvalue weighted by atomic mass is 35.5. The van der Waals surface area contributed by atoms with E-state index >= 15 is 0 Å². The summed E-state index contributed by atoms with van der Waals surface area (Å²) in [5.41, 5.74) is 1.89. The van der Waals surface area contributed by atoms with Crippen LogP contribution in [0.3, 0.4) is 0 Å². The average molecular weight is 292 g/mol. The smallest absolute Gasteiger partial charge is 0.211 e. The number of hydrogen-bond donors (Lipinski definition) is 1. The van der Waals surface area contributed by atoms with Crippen molar-refractivity contribution in [3.8, 4) is 5.75 Å². The van der Waals surface area contributed by atoms with Gasteiger partial charge >= 0.3 is 0 Å². The largest absolute Gasteiger partial charge is 0.492 e. The molecule has 18 heavy (non-hydrogen) atoms. The summed E-state index contributed by atoms with van der Waals surface area (Å²) in [5, 5.41) is 0.731. The summed E-state index contributed by atoms with van der Waals surface area (Å²) in [4.78, 5) is 0. The van der Waals surface area contributed by atoms with Crippen LogP contribution in [-0.4, -0.2) is 27.3 Å². The maximum Gasteiger partial charge on any atom is 0.211 e. The van der Waals surface area contributed by atoms with Crippen molar-refractivity contribution in [1.82, 2.24) is 4.72 Å². The van der Waals surface area contributed by atoms with Gasteiger partial charge in [0, 0.05) is 11.6 Å². The Morgan fingerprint density at radius 1 is 1.28 bits per heavy atom. The van der Waals surface area contributed by atoms with Crippen molar-refractivity contribution in [2.75, 3.05) is 18.9 Å². The molecule has 6 heteroatoms. The maximum absolute atomic E-state index is 11.2. The summed E-state index contributed by atoms with van der Waals surface area (Å²) in [6.45, 7) is 5.95. The van der Waals surface area contributed by atoms with E-state index in [1.54, 1.807) is 6.92 Å². The van der Waals surface area contributed by atoms with E-state index in [1.807, 2.05) is 26.0 Å². The molecule has 0 heterocycles. The second kappa shape index (κ2) is 6.41. The van der Waals surface area contributed by atoms with E-state index < -0.39 is 10.0 Å². The van der Waals surface area contributed by atoms with Crippen LogP contribution in [0.5, 0.6) is 5.75 Å². The van der Waals surface area contributed by atoms with Crippen molar-refractivity contribution >= 4 is 21.6 Å². The minimum absolute atomic E-state index is 0.0756. The molecule has 0 saturated carbocycles. The van der Waals surface area contributed by atoms with Crippen molar-refractivity contribution < 1.29 is 13.2 Å². The molecule has 1 N–H and O–H groups in total. The lowest BCUT2D eigenvalue weighted by Crippen LogP contribution is -2.29. The van der Waals surface area contributed by atoms with Gasteiger partial charge in [-0.15, -0.1) is 0 Å². The number of benzene rings is 1. The van der Waals surface area contributed by atoms with E-state index in [0.29, 0.717) is 12.4 Å². The highest BCUT2D eigenvalue weighted by Gasteiger charge is 2.06. The van der Waals surface area contributed by atoms with Gasteiger partial charge in [-0.2, -0.15) is 0 Å². The van der Waals surface area contributed by atoms with Crippen LogP contribution in [0.15, 0.2) is 12.1 Å². The molecule has 0 aliphatic heterocycles. The van der Waals surface area contributed by atoms with Crippen LogP contribution in [-0.2, 0) is 10.0 Å². The molecule has 102 valence electrons. The van der Waals surface area contributed by atoms with Crippen LogP contribution in [0.2, 0.25) is 5.02 Å². The fourth-order valence-electron chi connectivity index (χ4n) is 1.46. The van der Waals surface area contributed by atoms with Gasteiger partial charge < -0.3 is 4.74 Å². The Kier molecular flexibility index (Phi) is 5.44. The van der Waals surface area contributed by atoms with Crippen LogP contribution in [0, 0.1) is 13.8 Å².